The summed E-state index contributed by atoms with van der Waals surface area (Å²) in [6.07, 6.45) is 11.6. The van der Waals surface area contributed by atoms with Crippen molar-refractivity contribution in [3.63, 3.8) is 0 Å². The Kier molecular flexibility index (Phi) is 4.43. The van der Waals surface area contributed by atoms with Crippen molar-refractivity contribution in [1.82, 2.24) is 4.98 Å². The number of halogens is 2. The molecule has 5 unspecified atom stereocenters. The predicted molar refractivity (Wildman–Crippen MR) is 114 cm³/mol. The number of hydrogen-bond donors (Lipinski definition) is 0. The standard InChI is InChI=1S/C26H29F2NO/c1-15-10-19-21-5-4-20(16-11-17(24(27)28)14-29-13-16)25(21,2)9-7-22(19)26(3)8-6-18(30)12-23(15)26/h4-5,11-15,19,22,24H,6-10H2,1-3H3. The molecular formula is C26H29F2NO. The van der Waals surface area contributed by atoms with Gasteiger partial charge in [0.05, 0.1) is 0 Å². The van der Waals surface area contributed by atoms with Gasteiger partial charge in [-0.25, -0.2) is 8.78 Å². The largest absolute Gasteiger partial charge is 0.295 e. The van der Waals surface area contributed by atoms with Crippen LogP contribution in [0.3, 0.4) is 0 Å². The third-order valence-corrected chi connectivity index (χ3v) is 8.65. The molecule has 4 heteroatoms. The maximum Gasteiger partial charge on any atom is 0.265 e. The van der Waals surface area contributed by atoms with E-state index >= 15 is 0 Å². The van der Waals surface area contributed by atoms with Gasteiger partial charge in [-0.1, -0.05) is 44.1 Å². The van der Waals surface area contributed by atoms with Crippen LogP contribution in [0.2, 0.25) is 0 Å². The third-order valence-electron chi connectivity index (χ3n) is 8.65. The number of hydrogen-bond acceptors (Lipinski definition) is 2. The van der Waals surface area contributed by atoms with E-state index in [-0.39, 0.29) is 22.2 Å². The fourth-order valence-corrected chi connectivity index (χ4v) is 7.11. The highest BCUT2D eigenvalue weighted by Gasteiger charge is 2.56. The second-order valence-corrected chi connectivity index (χ2v) is 10.2. The summed E-state index contributed by atoms with van der Waals surface area (Å²) in [4.78, 5) is 16.2. The summed E-state index contributed by atoms with van der Waals surface area (Å²) in [7, 11) is 0. The Labute approximate surface area is 177 Å². The average Bonchev–Trinajstić information content (AvgIpc) is 3.07. The molecule has 0 N–H and O–H groups in total. The van der Waals surface area contributed by atoms with Gasteiger partial charge in [0.1, 0.15) is 0 Å². The zero-order valence-electron chi connectivity index (χ0n) is 17.9. The second-order valence-electron chi connectivity index (χ2n) is 10.2. The molecule has 30 heavy (non-hydrogen) atoms. The van der Waals surface area contributed by atoms with E-state index in [2.05, 4.69) is 37.9 Å². The fourth-order valence-electron chi connectivity index (χ4n) is 7.11. The van der Waals surface area contributed by atoms with E-state index in [1.807, 2.05) is 6.08 Å². The molecule has 5 atom stereocenters. The van der Waals surface area contributed by atoms with Gasteiger partial charge in [-0.15, -0.1) is 0 Å². The van der Waals surface area contributed by atoms with Gasteiger partial charge in [0, 0.05) is 29.8 Å². The lowest BCUT2D eigenvalue weighted by Gasteiger charge is -2.57. The Bertz CT molecular complexity index is 1010. The highest BCUT2D eigenvalue weighted by molar-refractivity contribution is 5.91. The van der Waals surface area contributed by atoms with Crippen molar-refractivity contribution in [3.05, 3.63) is 59.0 Å². The molecule has 2 saturated carbocycles. The first-order chi connectivity index (χ1) is 14.2. The molecular weight excluding hydrogens is 380 g/mol. The summed E-state index contributed by atoms with van der Waals surface area (Å²) in [5.41, 5.74) is 4.73. The topological polar surface area (TPSA) is 30.0 Å². The number of alkyl halides is 2. The second kappa shape index (κ2) is 6.70. The number of aromatic nitrogens is 1. The van der Waals surface area contributed by atoms with Crippen molar-refractivity contribution in [2.75, 3.05) is 0 Å². The molecule has 0 aromatic carbocycles. The summed E-state index contributed by atoms with van der Waals surface area (Å²) in [5, 5.41) is 0. The molecule has 0 bridgehead atoms. The van der Waals surface area contributed by atoms with Crippen LogP contribution in [0.4, 0.5) is 8.78 Å². The van der Waals surface area contributed by atoms with Crippen LogP contribution < -0.4 is 0 Å². The van der Waals surface area contributed by atoms with Gasteiger partial charge < -0.3 is 0 Å². The van der Waals surface area contributed by atoms with Crippen molar-refractivity contribution in [2.24, 2.45) is 28.6 Å². The monoisotopic (exact) mass is 409 g/mol. The summed E-state index contributed by atoms with van der Waals surface area (Å²) >= 11 is 0. The minimum absolute atomic E-state index is 0.0143. The van der Waals surface area contributed by atoms with Crippen molar-refractivity contribution in [1.29, 1.82) is 0 Å². The Morgan fingerprint density at radius 1 is 1.13 bits per heavy atom. The molecule has 0 radical (unpaired) electrons. The van der Waals surface area contributed by atoms with Crippen LogP contribution >= 0.6 is 0 Å². The zero-order valence-corrected chi connectivity index (χ0v) is 17.9. The van der Waals surface area contributed by atoms with Crippen LogP contribution in [0, 0.1) is 28.6 Å². The highest BCUT2D eigenvalue weighted by atomic mass is 19.3. The van der Waals surface area contributed by atoms with Crippen molar-refractivity contribution < 1.29 is 13.6 Å². The minimum atomic E-state index is -2.51. The number of fused-ring (bicyclic) bond motifs is 5. The lowest BCUT2D eigenvalue weighted by atomic mass is 9.46. The molecule has 1 aromatic rings. The van der Waals surface area contributed by atoms with E-state index in [4.69, 9.17) is 0 Å². The van der Waals surface area contributed by atoms with Crippen LogP contribution in [0.15, 0.2) is 47.8 Å². The zero-order chi connectivity index (χ0) is 21.3. The van der Waals surface area contributed by atoms with E-state index < -0.39 is 6.43 Å². The van der Waals surface area contributed by atoms with Gasteiger partial charge in [0.25, 0.3) is 6.43 Å². The van der Waals surface area contributed by atoms with E-state index in [0.717, 1.165) is 36.8 Å². The Morgan fingerprint density at radius 2 is 1.93 bits per heavy atom. The van der Waals surface area contributed by atoms with Crippen LogP contribution in [0.25, 0.3) is 5.57 Å². The molecule has 1 aromatic heterocycles. The van der Waals surface area contributed by atoms with Crippen molar-refractivity contribution in [2.45, 2.75) is 59.3 Å². The molecule has 2 fully saturated rings. The molecule has 5 rings (SSSR count). The molecule has 2 nitrogen and oxygen atoms in total. The molecule has 1 heterocycles. The SMILES string of the molecule is CC1CC2C3=CC=C(c4cncc(C(F)F)c4)C3(C)CCC2C2(C)CCC(=O)C=C12. The lowest BCUT2D eigenvalue weighted by molar-refractivity contribution is -0.116. The van der Waals surface area contributed by atoms with Crippen molar-refractivity contribution in [3.8, 4) is 0 Å². The maximum absolute atomic E-state index is 13.3. The summed E-state index contributed by atoms with van der Waals surface area (Å²) in [5.74, 6) is 1.71. The normalized spacial score (nSPS) is 37.7. The molecule has 0 amide bonds. The molecule has 4 aliphatic carbocycles. The number of carbonyl (C=O) groups excluding carboxylic acids is 1. The van der Waals surface area contributed by atoms with Crippen LogP contribution in [0.5, 0.6) is 0 Å². The van der Waals surface area contributed by atoms with Gasteiger partial charge >= 0.3 is 0 Å². The summed E-state index contributed by atoms with van der Waals surface area (Å²) in [6.45, 7) is 6.93. The highest BCUT2D eigenvalue weighted by Crippen LogP contribution is 2.66. The first kappa shape index (κ1) is 19.8. The van der Waals surface area contributed by atoms with E-state index in [1.165, 1.54) is 17.3 Å². The smallest absolute Gasteiger partial charge is 0.265 e. The predicted octanol–water partition coefficient (Wildman–Crippen LogP) is 6.71. The minimum Gasteiger partial charge on any atom is -0.295 e. The molecule has 158 valence electrons. The van der Waals surface area contributed by atoms with Gasteiger partial charge in [-0.3, -0.25) is 9.78 Å². The lowest BCUT2D eigenvalue weighted by Crippen LogP contribution is -2.49. The first-order valence-corrected chi connectivity index (χ1v) is 11.2. The Morgan fingerprint density at radius 3 is 2.70 bits per heavy atom. The van der Waals surface area contributed by atoms with Gasteiger partial charge in [-0.2, -0.15) is 0 Å². The molecule has 0 aliphatic heterocycles. The van der Waals surface area contributed by atoms with Crippen LogP contribution in [-0.2, 0) is 4.79 Å². The molecule has 0 spiro atoms. The number of ketones is 1. The van der Waals surface area contributed by atoms with Crippen LogP contribution in [-0.4, -0.2) is 10.8 Å². The van der Waals surface area contributed by atoms with Crippen LogP contribution in [0.1, 0.15) is 70.4 Å². The van der Waals surface area contributed by atoms with E-state index in [9.17, 15) is 13.6 Å². The number of nitrogens with zero attached hydrogens (tertiary/aromatic N) is 1. The Hall–Kier alpha value is -2.10. The number of carbonyl (C=O) groups is 1. The fraction of sp³-hybridized carbons (Fsp3) is 0.538. The Balaban J connectivity index is 1.50. The van der Waals surface area contributed by atoms with Gasteiger partial charge in [0.2, 0.25) is 0 Å². The van der Waals surface area contributed by atoms with E-state index in [1.54, 1.807) is 12.3 Å². The third kappa shape index (κ3) is 2.72. The number of allylic oxidation sites excluding steroid dienone is 6. The summed E-state index contributed by atoms with van der Waals surface area (Å²) < 4.78 is 26.5. The van der Waals surface area contributed by atoms with E-state index in [0.29, 0.717) is 24.2 Å². The first-order valence-electron chi connectivity index (χ1n) is 11.2. The van der Waals surface area contributed by atoms with Gasteiger partial charge in [-0.05, 0) is 72.1 Å². The number of rotatable bonds is 2. The van der Waals surface area contributed by atoms with Gasteiger partial charge in [0.15, 0.2) is 5.78 Å². The average molecular weight is 410 g/mol. The molecule has 4 aliphatic rings. The summed E-state index contributed by atoms with van der Waals surface area (Å²) in [6, 6.07) is 1.61. The van der Waals surface area contributed by atoms with Crippen molar-refractivity contribution >= 4 is 11.4 Å². The maximum atomic E-state index is 13.3. The quantitative estimate of drug-likeness (QED) is 0.543. The number of pyridine rings is 1. The molecule has 0 saturated heterocycles.